The summed E-state index contributed by atoms with van der Waals surface area (Å²) in [5, 5.41) is 19.1. The van der Waals surface area contributed by atoms with Crippen molar-refractivity contribution in [2.45, 2.75) is 17.5 Å². The second-order valence-corrected chi connectivity index (χ2v) is 6.47. The van der Waals surface area contributed by atoms with Crippen molar-refractivity contribution in [3.8, 4) is 11.5 Å². The van der Waals surface area contributed by atoms with Crippen LogP contribution < -0.4 is 0 Å². The standard InChI is InChI=1S/C16H15IO4/c1-10(17)12-7-14(18)15(19)8-13(12)16(20)21-9-11-5-3-2-4-6-11/h2-8,10,18-19H,9H2,1H3. The van der Waals surface area contributed by atoms with Crippen LogP contribution in [0, 0.1) is 0 Å². The normalized spacial score (nSPS) is 11.9. The van der Waals surface area contributed by atoms with E-state index in [2.05, 4.69) is 22.6 Å². The van der Waals surface area contributed by atoms with Gasteiger partial charge in [0.25, 0.3) is 0 Å². The number of carbonyl (C=O) groups is 1. The van der Waals surface area contributed by atoms with E-state index in [-0.39, 0.29) is 27.6 Å². The van der Waals surface area contributed by atoms with Crippen molar-refractivity contribution in [3.05, 3.63) is 59.2 Å². The Balaban J connectivity index is 2.20. The molecule has 4 nitrogen and oxygen atoms in total. The Bertz CT molecular complexity index is 638. The molecule has 0 radical (unpaired) electrons. The number of phenols is 2. The summed E-state index contributed by atoms with van der Waals surface area (Å²) in [6, 6.07) is 12.0. The zero-order valence-electron chi connectivity index (χ0n) is 11.4. The molecule has 21 heavy (non-hydrogen) atoms. The lowest BCUT2D eigenvalue weighted by Gasteiger charge is -2.13. The van der Waals surface area contributed by atoms with Crippen LogP contribution in [-0.4, -0.2) is 16.2 Å². The highest BCUT2D eigenvalue weighted by molar-refractivity contribution is 14.1. The summed E-state index contributed by atoms with van der Waals surface area (Å²) < 4.78 is 5.26. The highest BCUT2D eigenvalue weighted by Gasteiger charge is 2.19. The third-order valence-electron chi connectivity index (χ3n) is 3.01. The molecule has 0 saturated heterocycles. The van der Waals surface area contributed by atoms with Crippen LogP contribution in [0.25, 0.3) is 0 Å². The maximum absolute atomic E-state index is 12.2. The molecule has 0 amide bonds. The average Bonchev–Trinajstić information content (AvgIpc) is 2.48. The molecule has 2 aromatic carbocycles. The van der Waals surface area contributed by atoms with Gasteiger partial charge in [0.05, 0.1) is 5.56 Å². The van der Waals surface area contributed by atoms with Gasteiger partial charge in [0.15, 0.2) is 11.5 Å². The number of benzene rings is 2. The molecule has 2 N–H and O–H groups in total. The summed E-state index contributed by atoms with van der Waals surface area (Å²) in [6.07, 6.45) is 0. The van der Waals surface area contributed by atoms with E-state index >= 15 is 0 Å². The van der Waals surface area contributed by atoms with Crippen molar-refractivity contribution >= 4 is 28.6 Å². The van der Waals surface area contributed by atoms with Crippen LogP contribution in [0.5, 0.6) is 11.5 Å². The molecule has 0 aliphatic rings. The van der Waals surface area contributed by atoms with Crippen molar-refractivity contribution in [1.82, 2.24) is 0 Å². The first kappa shape index (κ1) is 15.6. The van der Waals surface area contributed by atoms with Gasteiger partial charge >= 0.3 is 5.97 Å². The fraction of sp³-hybridized carbons (Fsp3) is 0.188. The van der Waals surface area contributed by atoms with Gasteiger partial charge in [-0.3, -0.25) is 0 Å². The van der Waals surface area contributed by atoms with Crippen LogP contribution >= 0.6 is 22.6 Å². The fourth-order valence-electron chi connectivity index (χ4n) is 1.90. The summed E-state index contributed by atoms with van der Waals surface area (Å²) in [5.74, 6) is -1.09. The highest BCUT2D eigenvalue weighted by Crippen LogP contribution is 2.35. The quantitative estimate of drug-likeness (QED) is 0.354. The minimum Gasteiger partial charge on any atom is -0.504 e. The SMILES string of the molecule is CC(I)c1cc(O)c(O)cc1C(=O)OCc1ccccc1. The Morgan fingerprint density at radius 1 is 1.19 bits per heavy atom. The first-order chi connectivity index (χ1) is 9.99. The van der Waals surface area contributed by atoms with Gasteiger partial charge in [0.1, 0.15) is 6.61 Å². The third-order valence-corrected chi connectivity index (χ3v) is 3.68. The van der Waals surface area contributed by atoms with Gasteiger partial charge in [-0.25, -0.2) is 4.79 Å². The Labute approximate surface area is 136 Å². The molecule has 0 fully saturated rings. The van der Waals surface area contributed by atoms with E-state index in [9.17, 15) is 15.0 Å². The summed E-state index contributed by atoms with van der Waals surface area (Å²) in [4.78, 5) is 12.2. The van der Waals surface area contributed by atoms with E-state index in [0.29, 0.717) is 5.56 Å². The molecule has 0 heterocycles. The first-order valence-electron chi connectivity index (χ1n) is 6.40. The zero-order valence-corrected chi connectivity index (χ0v) is 13.6. The van der Waals surface area contributed by atoms with E-state index in [0.717, 1.165) is 5.56 Å². The molecule has 0 bridgehead atoms. The monoisotopic (exact) mass is 398 g/mol. The zero-order chi connectivity index (χ0) is 15.4. The van der Waals surface area contributed by atoms with Crippen LogP contribution in [0.15, 0.2) is 42.5 Å². The van der Waals surface area contributed by atoms with Crippen molar-refractivity contribution in [3.63, 3.8) is 0 Å². The predicted octanol–water partition coefficient (Wildman–Crippen LogP) is 3.95. The van der Waals surface area contributed by atoms with Gasteiger partial charge in [-0.2, -0.15) is 0 Å². The summed E-state index contributed by atoms with van der Waals surface area (Å²) in [5.41, 5.74) is 1.78. The lowest BCUT2D eigenvalue weighted by atomic mass is 10.0. The number of esters is 1. The number of halogens is 1. The molecule has 0 aliphatic heterocycles. The van der Waals surface area contributed by atoms with Gasteiger partial charge in [-0.1, -0.05) is 52.9 Å². The number of phenolic OH excluding ortho intramolecular Hbond substituents is 2. The van der Waals surface area contributed by atoms with E-state index in [4.69, 9.17) is 4.74 Å². The van der Waals surface area contributed by atoms with Gasteiger partial charge in [-0.05, 0) is 30.2 Å². The van der Waals surface area contributed by atoms with Gasteiger partial charge in [-0.15, -0.1) is 0 Å². The second kappa shape index (κ2) is 6.80. The third kappa shape index (κ3) is 3.87. The number of alkyl halides is 1. The molecule has 110 valence electrons. The van der Waals surface area contributed by atoms with E-state index in [1.807, 2.05) is 37.3 Å². The first-order valence-corrected chi connectivity index (χ1v) is 7.64. The topological polar surface area (TPSA) is 66.8 Å². The van der Waals surface area contributed by atoms with E-state index in [1.54, 1.807) is 0 Å². The Morgan fingerprint density at radius 2 is 1.81 bits per heavy atom. The number of ether oxygens (including phenoxy) is 1. The number of aromatic hydroxyl groups is 2. The molecule has 0 aromatic heterocycles. The number of rotatable bonds is 4. The molecule has 0 aliphatic carbocycles. The van der Waals surface area contributed by atoms with Gasteiger partial charge in [0.2, 0.25) is 0 Å². The Morgan fingerprint density at radius 3 is 2.43 bits per heavy atom. The second-order valence-electron chi connectivity index (χ2n) is 4.61. The molecule has 5 heteroatoms. The largest absolute Gasteiger partial charge is 0.504 e. The minimum atomic E-state index is -0.521. The maximum Gasteiger partial charge on any atom is 0.338 e. The lowest BCUT2D eigenvalue weighted by Crippen LogP contribution is -2.08. The van der Waals surface area contributed by atoms with E-state index in [1.165, 1.54) is 12.1 Å². The van der Waals surface area contributed by atoms with E-state index < -0.39 is 5.97 Å². The van der Waals surface area contributed by atoms with Crippen LogP contribution in [0.4, 0.5) is 0 Å². The summed E-state index contributed by atoms with van der Waals surface area (Å²) in [6.45, 7) is 2.05. The van der Waals surface area contributed by atoms with Crippen molar-refractivity contribution < 1.29 is 19.7 Å². The van der Waals surface area contributed by atoms with Crippen LogP contribution in [-0.2, 0) is 11.3 Å². The molecule has 2 rings (SSSR count). The predicted molar refractivity (Wildman–Crippen MR) is 87.8 cm³/mol. The molecule has 2 aromatic rings. The summed E-state index contributed by atoms with van der Waals surface area (Å²) in [7, 11) is 0. The molecular weight excluding hydrogens is 383 g/mol. The Hall–Kier alpha value is -1.76. The Kier molecular flexibility index (Phi) is 5.06. The molecule has 1 atom stereocenters. The van der Waals surface area contributed by atoms with Crippen LogP contribution in [0.2, 0.25) is 0 Å². The molecule has 1 unspecified atom stereocenters. The highest BCUT2D eigenvalue weighted by atomic mass is 127. The van der Waals surface area contributed by atoms with Crippen molar-refractivity contribution in [2.24, 2.45) is 0 Å². The van der Waals surface area contributed by atoms with Crippen LogP contribution in [0.1, 0.15) is 32.3 Å². The minimum absolute atomic E-state index is 0.00613. The fourth-order valence-corrected chi connectivity index (χ4v) is 2.42. The smallest absolute Gasteiger partial charge is 0.338 e. The number of carbonyl (C=O) groups excluding carboxylic acids is 1. The maximum atomic E-state index is 12.2. The van der Waals surface area contributed by atoms with Crippen LogP contribution in [0.3, 0.4) is 0 Å². The van der Waals surface area contributed by atoms with Gasteiger partial charge < -0.3 is 14.9 Å². The molecular formula is C16H15IO4. The summed E-state index contributed by atoms with van der Waals surface area (Å²) >= 11 is 2.14. The molecule has 0 spiro atoms. The van der Waals surface area contributed by atoms with Crippen molar-refractivity contribution in [1.29, 1.82) is 0 Å². The molecule has 0 saturated carbocycles. The van der Waals surface area contributed by atoms with Gasteiger partial charge in [0, 0.05) is 3.92 Å². The van der Waals surface area contributed by atoms with Crippen molar-refractivity contribution in [2.75, 3.05) is 0 Å². The average molecular weight is 398 g/mol. The number of hydrogen-bond donors (Lipinski definition) is 2. The number of hydrogen-bond acceptors (Lipinski definition) is 4. The lowest BCUT2D eigenvalue weighted by molar-refractivity contribution is 0.0471.